The molecule has 0 amide bonds. The molecule has 0 heterocycles. The third-order valence-corrected chi connectivity index (χ3v) is 2.50. The number of carbonyl (C=O) groups is 1. The molecule has 0 aliphatic heterocycles. The van der Waals surface area contributed by atoms with Crippen LogP contribution in [0.3, 0.4) is 0 Å². The third-order valence-electron chi connectivity index (χ3n) is 1.02. The lowest BCUT2D eigenvalue weighted by molar-refractivity contribution is -0.197. The maximum absolute atomic E-state index is 12.5. The first-order chi connectivity index (χ1) is 5.44. The number of rotatable bonds is 3. The summed E-state index contributed by atoms with van der Waals surface area (Å²) in [5, 5.41) is 2.68. The first-order valence-corrected chi connectivity index (χ1v) is 3.67. The van der Waals surface area contributed by atoms with Gasteiger partial charge in [0, 0.05) is 0 Å². The summed E-state index contributed by atoms with van der Waals surface area (Å²) in [4.78, 5) is 9.70. The highest BCUT2D eigenvalue weighted by Gasteiger charge is 2.72. The highest BCUT2D eigenvalue weighted by Crippen LogP contribution is 2.50. The second kappa shape index (κ2) is 3.23. The van der Waals surface area contributed by atoms with Gasteiger partial charge in [0.05, 0.1) is 0 Å². The quantitative estimate of drug-likeness (QED) is 0.641. The van der Waals surface area contributed by atoms with Crippen molar-refractivity contribution in [3.05, 3.63) is 0 Å². The molecule has 0 aromatic carbocycles. The van der Waals surface area contributed by atoms with Gasteiger partial charge in [0.15, 0.2) is 0 Å². The number of alkyl halides is 7. The van der Waals surface area contributed by atoms with Crippen molar-refractivity contribution in [2.75, 3.05) is 0 Å². The van der Waals surface area contributed by atoms with Crippen molar-refractivity contribution in [3.63, 3.8) is 0 Å². The van der Waals surface area contributed by atoms with Gasteiger partial charge in [-0.3, -0.25) is 0 Å². The standard InChI is InChI=1S/C4HBrClF5O2/c5-3(9,4(6,10)11)2(7,8)1(12)13/h(H,12,13). The normalized spacial score (nSPS) is 18.1. The Kier molecular flexibility index (Phi) is 3.20. The maximum Gasteiger partial charge on any atom is 0.393 e. The predicted octanol–water partition coefficient (Wildman–Crippen LogP) is 2.60. The van der Waals surface area contributed by atoms with Gasteiger partial charge in [0.1, 0.15) is 0 Å². The Hall–Kier alpha value is -0.110. The second-order valence-electron chi connectivity index (χ2n) is 1.95. The Morgan fingerprint density at radius 2 is 1.54 bits per heavy atom. The molecule has 0 saturated carbocycles. The molecule has 0 spiro atoms. The van der Waals surface area contributed by atoms with Crippen molar-refractivity contribution in [1.29, 1.82) is 0 Å². The van der Waals surface area contributed by atoms with Gasteiger partial charge >= 0.3 is 21.9 Å². The van der Waals surface area contributed by atoms with Crippen LogP contribution in [0.1, 0.15) is 0 Å². The molecule has 0 aliphatic rings. The lowest BCUT2D eigenvalue weighted by atomic mass is 10.2. The molecule has 9 heteroatoms. The number of aliphatic carboxylic acids is 1. The van der Waals surface area contributed by atoms with Crippen LogP contribution in [0.5, 0.6) is 0 Å². The van der Waals surface area contributed by atoms with Crippen LogP contribution in [0, 0.1) is 0 Å². The first-order valence-electron chi connectivity index (χ1n) is 2.50. The van der Waals surface area contributed by atoms with Crippen molar-refractivity contribution in [1.82, 2.24) is 0 Å². The van der Waals surface area contributed by atoms with Crippen molar-refractivity contribution in [2.24, 2.45) is 0 Å². The molecule has 0 fully saturated rings. The summed E-state index contributed by atoms with van der Waals surface area (Å²) in [7, 11) is 0. The predicted molar refractivity (Wildman–Crippen MR) is 36.1 cm³/mol. The molecule has 2 nitrogen and oxygen atoms in total. The number of carboxylic acid groups (broad SMARTS) is 1. The molecule has 0 bridgehead atoms. The van der Waals surface area contributed by atoms with Gasteiger partial charge in [-0.1, -0.05) is 0 Å². The summed E-state index contributed by atoms with van der Waals surface area (Å²) < 4.78 is 56.1. The van der Waals surface area contributed by atoms with Crippen molar-refractivity contribution >= 4 is 33.5 Å². The number of carboxylic acids is 1. The fraction of sp³-hybridized carbons (Fsp3) is 0.750. The highest BCUT2D eigenvalue weighted by molar-refractivity contribution is 9.10. The Morgan fingerprint density at radius 1 is 1.23 bits per heavy atom. The lowest BCUT2D eigenvalue weighted by Crippen LogP contribution is -2.54. The Balaban J connectivity index is 5.16. The summed E-state index contributed by atoms with van der Waals surface area (Å²) in [5.74, 6) is -8.38. The number of hydrogen-bond donors (Lipinski definition) is 1. The molecule has 0 aromatic heterocycles. The molecule has 78 valence electrons. The average Bonchev–Trinajstić information content (AvgIpc) is 1.84. The average molecular weight is 291 g/mol. The van der Waals surface area contributed by atoms with Crippen LogP contribution in [0.4, 0.5) is 22.0 Å². The van der Waals surface area contributed by atoms with E-state index in [1.807, 2.05) is 0 Å². The molecule has 0 rings (SSSR count). The van der Waals surface area contributed by atoms with E-state index in [4.69, 9.17) is 5.11 Å². The van der Waals surface area contributed by atoms with E-state index in [0.29, 0.717) is 0 Å². The summed E-state index contributed by atoms with van der Waals surface area (Å²) >= 11 is 5.20. The Bertz CT molecular complexity index is 225. The minimum Gasteiger partial charge on any atom is -0.477 e. The maximum atomic E-state index is 12.5. The van der Waals surface area contributed by atoms with E-state index in [2.05, 4.69) is 11.6 Å². The molecule has 0 aromatic rings. The van der Waals surface area contributed by atoms with E-state index in [1.54, 1.807) is 0 Å². The van der Waals surface area contributed by atoms with E-state index >= 15 is 0 Å². The minimum absolute atomic E-state index is 1.25. The van der Waals surface area contributed by atoms with Crippen LogP contribution in [0.2, 0.25) is 0 Å². The largest absolute Gasteiger partial charge is 0.477 e. The van der Waals surface area contributed by atoms with Gasteiger partial charge < -0.3 is 5.11 Å². The van der Waals surface area contributed by atoms with Crippen LogP contribution >= 0.6 is 27.5 Å². The molecular weight excluding hydrogens is 290 g/mol. The van der Waals surface area contributed by atoms with Gasteiger partial charge in [0.25, 0.3) is 0 Å². The second-order valence-corrected chi connectivity index (χ2v) is 3.52. The first kappa shape index (κ1) is 12.9. The molecule has 0 saturated heterocycles. The SMILES string of the molecule is O=C(O)C(F)(F)C(F)(Br)C(F)(F)Cl. The molecule has 0 radical (unpaired) electrons. The van der Waals surface area contributed by atoms with E-state index in [1.165, 1.54) is 15.9 Å². The van der Waals surface area contributed by atoms with Crippen molar-refractivity contribution < 1.29 is 31.9 Å². The number of hydrogen-bond acceptors (Lipinski definition) is 1. The van der Waals surface area contributed by atoms with Crippen LogP contribution in [-0.2, 0) is 4.79 Å². The van der Waals surface area contributed by atoms with E-state index < -0.39 is 21.9 Å². The van der Waals surface area contributed by atoms with E-state index in [9.17, 15) is 26.7 Å². The monoisotopic (exact) mass is 290 g/mol. The van der Waals surface area contributed by atoms with Gasteiger partial charge in [-0.15, -0.1) is 0 Å². The fourth-order valence-corrected chi connectivity index (χ4v) is 0.601. The molecular formula is C4HBrClF5O2. The van der Waals surface area contributed by atoms with Crippen LogP contribution in [-0.4, -0.2) is 27.0 Å². The Morgan fingerprint density at radius 3 is 1.62 bits per heavy atom. The van der Waals surface area contributed by atoms with E-state index in [-0.39, 0.29) is 0 Å². The molecule has 0 aliphatic carbocycles. The van der Waals surface area contributed by atoms with Crippen LogP contribution < -0.4 is 0 Å². The molecule has 1 N–H and O–H groups in total. The molecule has 13 heavy (non-hydrogen) atoms. The lowest BCUT2D eigenvalue weighted by Gasteiger charge is -2.27. The molecule has 1 atom stereocenters. The smallest absolute Gasteiger partial charge is 0.393 e. The van der Waals surface area contributed by atoms with Gasteiger partial charge in [-0.05, 0) is 27.5 Å². The number of halogens is 7. The van der Waals surface area contributed by atoms with Gasteiger partial charge in [0.2, 0.25) is 0 Å². The zero-order chi connectivity index (χ0) is 11.1. The summed E-state index contributed by atoms with van der Waals surface area (Å²) in [6, 6.07) is 0. The zero-order valence-electron chi connectivity index (χ0n) is 5.50. The third kappa shape index (κ3) is 2.04. The summed E-state index contributed by atoms with van der Waals surface area (Å²) in [6.45, 7) is 0. The van der Waals surface area contributed by atoms with Crippen LogP contribution in [0.25, 0.3) is 0 Å². The van der Waals surface area contributed by atoms with Gasteiger partial charge in [-0.25, -0.2) is 9.18 Å². The summed E-state index contributed by atoms with van der Waals surface area (Å²) in [6.07, 6.45) is 0. The van der Waals surface area contributed by atoms with Crippen LogP contribution in [0.15, 0.2) is 0 Å². The summed E-state index contributed by atoms with van der Waals surface area (Å²) in [5.41, 5.74) is 0. The zero-order valence-corrected chi connectivity index (χ0v) is 7.84. The van der Waals surface area contributed by atoms with Gasteiger partial charge in [-0.2, -0.15) is 17.6 Å². The van der Waals surface area contributed by atoms with E-state index in [0.717, 1.165) is 0 Å². The minimum atomic E-state index is -5.34. The van der Waals surface area contributed by atoms with Crippen molar-refractivity contribution in [3.8, 4) is 0 Å². The Labute approximate surface area is 81.8 Å². The fourth-order valence-electron chi connectivity index (χ4n) is 0.312. The molecule has 1 unspecified atom stereocenters. The highest BCUT2D eigenvalue weighted by atomic mass is 79.9. The van der Waals surface area contributed by atoms with Crippen molar-refractivity contribution in [2.45, 2.75) is 15.9 Å². The topological polar surface area (TPSA) is 37.3 Å².